The standard InChI is InChI=1S/C12H16ClN3O3.ClH/c1-12(2,14)7-15-11(17)5-8-3-4-9(16(18)19)6-10(8)13;/h3-4,6H,5,7,14H2,1-2H3,(H,15,17);1H. The predicted molar refractivity (Wildman–Crippen MR) is 80.3 cm³/mol. The van der Waals surface area contributed by atoms with Crippen LogP contribution < -0.4 is 11.1 Å². The van der Waals surface area contributed by atoms with Gasteiger partial charge in [-0.2, -0.15) is 0 Å². The maximum absolute atomic E-state index is 11.7. The van der Waals surface area contributed by atoms with Gasteiger partial charge in [0.25, 0.3) is 5.69 Å². The van der Waals surface area contributed by atoms with Gasteiger partial charge >= 0.3 is 0 Å². The molecule has 3 N–H and O–H groups in total. The lowest BCUT2D eigenvalue weighted by Gasteiger charge is -2.18. The Balaban J connectivity index is 0.00000361. The minimum atomic E-state index is -0.535. The largest absolute Gasteiger partial charge is 0.354 e. The third kappa shape index (κ3) is 6.18. The number of hydrogen-bond acceptors (Lipinski definition) is 4. The van der Waals surface area contributed by atoms with Gasteiger partial charge in [0.05, 0.1) is 16.4 Å². The summed E-state index contributed by atoms with van der Waals surface area (Å²) in [7, 11) is 0. The highest BCUT2D eigenvalue weighted by atomic mass is 35.5. The van der Waals surface area contributed by atoms with Crippen molar-refractivity contribution in [2.75, 3.05) is 6.54 Å². The van der Waals surface area contributed by atoms with Crippen molar-refractivity contribution in [1.29, 1.82) is 0 Å². The van der Waals surface area contributed by atoms with E-state index in [2.05, 4.69) is 5.32 Å². The van der Waals surface area contributed by atoms with Crippen LogP contribution in [0, 0.1) is 10.1 Å². The van der Waals surface area contributed by atoms with Crippen LogP contribution in [-0.4, -0.2) is 22.9 Å². The highest BCUT2D eigenvalue weighted by Gasteiger charge is 2.15. The summed E-state index contributed by atoms with van der Waals surface area (Å²) in [6.45, 7) is 3.94. The molecule has 0 aliphatic rings. The number of nitrogens with two attached hydrogens (primary N) is 1. The molecule has 1 rings (SSSR count). The van der Waals surface area contributed by atoms with E-state index >= 15 is 0 Å². The van der Waals surface area contributed by atoms with Crippen molar-refractivity contribution in [3.8, 4) is 0 Å². The molecule has 0 heterocycles. The van der Waals surface area contributed by atoms with Crippen LogP contribution in [0.3, 0.4) is 0 Å². The second-order valence-corrected chi connectivity index (χ2v) is 5.38. The molecule has 0 fully saturated rings. The number of nitro benzene ring substituents is 1. The summed E-state index contributed by atoms with van der Waals surface area (Å²) >= 11 is 5.90. The van der Waals surface area contributed by atoms with E-state index in [4.69, 9.17) is 17.3 Å². The molecule has 1 aromatic rings. The zero-order valence-electron chi connectivity index (χ0n) is 11.2. The fraction of sp³-hybridized carbons (Fsp3) is 0.417. The van der Waals surface area contributed by atoms with E-state index in [0.717, 1.165) is 0 Å². The van der Waals surface area contributed by atoms with Crippen molar-refractivity contribution in [3.63, 3.8) is 0 Å². The highest BCUT2D eigenvalue weighted by Crippen LogP contribution is 2.22. The minimum absolute atomic E-state index is 0. The summed E-state index contributed by atoms with van der Waals surface area (Å²) < 4.78 is 0. The molecule has 6 nitrogen and oxygen atoms in total. The third-order valence-corrected chi connectivity index (χ3v) is 2.69. The molecular formula is C12H17Cl2N3O3. The smallest absolute Gasteiger partial charge is 0.270 e. The van der Waals surface area contributed by atoms with Gasteiger partial charge in [-0.25, -0.2) is 0 Å². The van der Waals surface area contributed by atoms with Crippen molar-refractivity contribution < 1.29 is 9.72 Å². The predicted octanol–water partition coefficient (Wildman–Crippen LogP) is 2.07. The van der Waals surface area contributed by atoms with E-state index in [1.807, 2.05) is 0 Å². The third-order valence-electron chi connectivity index (χ3n) is 2.34. The number of benzene rings is 1. The van der Waals surface area contributed by atoms with Gasteiger partial charge in [0, 0.05) is 24.2 Å². The summed E-state index contributed by atoms with van der Waals surface area (Å²) in [5, 5.41) is 13.4. The molecule has 0 unspecified atom stereocenters. The first-order valence-corrected chi connectivity index (χ1v) is 6.05. The Morgan fingerprint density at radius 2 is 2.10 bits per heavy atom. The topological polar surface area (TPSA) is 98.3 Å². The Hall–Kier alpha value is -1.37. The number of non-ortho nitro benzene ring substituents is 1. The van der Waals surface area contributed by atoms with Crippen molar-refractivity contribution in [1.82, 2.24) is 5.32 Å². The van der Waals surface area contributed by atoms with Gasteiger partial charge in [0.1, 0.15) is 0 Å². The van der Waals surface area contributed by atoms with Gasteiger partial charge in [-0.05, 0) is 19.4 Å². The maximum Gasteiger partial charge on any atom is 0.270 e. The summed E-state index contributed by atoms with van der Waals surface area (Å²) in [4.78, 5) is 21.7. The van der Waals surface area contributed by atoms with Crippen LogP contribution in [0.4, 0.5) is 5.69 Å². The average molecular weight is 322 g/mol. The zero-order valence-corrected chi connectivity index (χ0v) is 12.8. The lowest BCUT2D eigenvalue weighted by molar-refractivity contribution is -0.384. The van der Waals surface area contributed by atoms with Gasteiger partial charge in [-0.1, -0.05) is 17.7 Å². The molecule has 0 aromatic heterocycles. The fourth-order valence-electron chi connectivity index (χ4n) is 1.36. The summed E-state index contributed by atoms with van der Waals surface area (Å²) in [6, 6.07) is 4.03. The normalized spacial score (nSPS) is 10.6. The highest BCUT2D eigenvalue weighted by molar-refractivity contribution is 6.31. The molecule has 0 spiro atoms. The van der Waals surface area contributed by atoms with Crippen molar-refractivity contribution in [2.24, 2.45) is 5.73 Å². The Kier molecular flexibility index (Phi) is 6.91. The zero-order chi connectivity index (χ0) is 14.6. The number of carbonyl (C=O) groups is 1. The van der Waals surface area contributed by atoms with Gasteiger partial charge in [-0.3, -0.25) is 14.9 Å². The van der Waals surface area contributed by atoms with E-state index in [0.29, 0.717) is 12.1 Å². The molecule has 1 amide bonds. The quantitative estimate of drug-likeness (QED) is 0.640. The molecule has 8 heteroatoms. The second kappa shape index (κ2) is 7.42. The number of nitrogens with one attached hydrogen (secondary N) is 1. The summed E-state index contributed by atoms with van der Waals surface area (Å²) in [5.41, 5.74) is 5.69. The van der Waals surface area contributed by atoms with Crippen LogP contribution in [0.1, 0.15) is 19.4 Å². The maximum atomic E-state index is 11.7. The van der Waals surface area contributed by atoms with Crippen molar-refractivity contribution >= 4 is 35.6 Å². The fourth-order valence-corrected chi connectivity index (χ4v) is 1.60. The molecule has 0 bridgehead atoms. The van der Waals surface area contributed by atoms with Gasteiger partial charge in [-0.15, -0.1) is 12.4 Å². The first-order chi connectivity index (χ1) is 8.69. The number of halogens is 2. The van der Waals surface area contributed by atoms with Gasteiger partial charge in [0.2, 0.25) is 5.91 Å². The van der Waals surface area contributed by atoms with Crippen LogP contribution >= 0.6 is 24.0 Å². The number of rotatable bonds is 5. The molecule has 0 saturated heterocycles. The Morgan fingerprint density at radius 3 is 2.55 bits per heavy atom. The van der Waals surface area contributed by atoms with Crippen molar-refractivity contribution in [2.45, 2.75) is 25.8 Å². The van der Waals surface area contributed by atoms with Crippen LogP contribution in [0.5, 0.6) is 0 Å². The first-order valence-electron chi connectivity index (χ1n) is 5.67. The number of carbonyl (C=O) groups excluding carboxylic acids is 1. The second-order valence-electron chi connectivity index (χ2n) is 4.97. The van der Waals surface area contributed by atoms with Crippen LogP contribution in [0.2, 0.25) is 5.02 Å². The number of amides is 1. The summed E-state index contributed by atoms with van der Waals surface area (Å²) in [5.74, 6) is -0.228. The van der Waals surface area contributed by atoms with Crippen LogP contribution in [0.15, 0.2) is 18.2 Å². The monoisotopic (exact) mass is 321 g/mol. The molecule has 0 aliphatic heterocycles. The van der Waals surface area contributed by atoms with E-state index in [9.17, 15) is 14.9 Å². The van der Waals surface area contributed by atoms with E-state index in [1.165, 1.54) is 18.2 Å². The van der Waals surface area contributed by atoms with Gasteiger partial charge < -0.3 is 11.1 Å². The molecule has 20 heavy (non-hydrogen) atoms. The molecule has 112 valence electrons. The number of nitro groups is 1. The SMILES string of the molecule is CC(C)(N)CNC(=O)Cc1ccc([N+](=O)[O-])cc1Cl.Cl. The minimum Gasteiger partial charge on any atom is -0.354 e. The Morgan fingerprint density at radius 1 is 1.50 bits per heavy atom. The molecule has 0 saturated carbocycles. The van der Waals surface area contributed by atoms with E-state index in [1.54, 1.807) is 13.8 Å². The lowest BCUT2D eigenvalue weighted by Crippen LogP contribution is -2.45. The Labute approximate surface area is 128 Å². The number of nitrogens with zero attached hydrogens (tertiary/aromatic N) is 1. The number of hydrogen-bond donors (Lipinski definition) is 2. The van der Waals surface area contributed by atoms with E-state index in [-0.39, 0.29) is 35.4 Å². The van der Waals surface area contributed by atoms with Crippen LogP contribution in [0.25, 0.3) is 0 Å². The van der Waals surface area contributed by atoms with Gasteiger partial charge in [0.15, 0.2) is 0 Å². The molecule has 0 radical (unpaired) electrons. The molecule has 1 aromatic carbocycles. The molecular weight excluding hydrogens is 305 g/mol. The van der Waals surface area contributed by atoms with Crippen molar-refractivity contribution in [3.05, 3.63) is 38.9 Å². The molecule has 0 aliphatic carbocycles. The van der Waals surface area contributed by atoms with E-state index < -0.39 is 10.5 Å². The Bertz CT molecular complexity index is 501. The average Bonchev–Trinajstić information content (AvgIpc) is 2.28. The first kappa shape index (κ1) is 18.6. The molecule has 0 atom stereocenters. The summed E-state index contributed by atoms with van der Waals surface area (Å²) in [6.07, 6.45) is 0.0624. The lowest BCUT2D eigenvalue weighted by atomic mass is 10.1. The van der Waals surface area contributed by atoms with Crippen LogP contribution in [-0.2, 0) is 11.2 Å².